The van der Waals surface area contributed by atoms with Gasteiger partial charge in [0, 0.05) is 12.5 Å². The molecule has 0 heterocycles. The second-order valence-electron chi connectivity index (χ2n) is 5.48. The smallest absolute Gasteiger partial charge is 0.324 e. The third-order valence-electron chi connectivity index (χ3n) is 3.94. The first kappa shape index (κ1) is 15.6. The van der Waals surface area contributed by atoms with Crippen molar-refractivity contribution in [2.24, 2.45) is 0 Å². The number of benzene rings is 1. The van der Waals surface area contributed by atoms with Gasteiger partial charge >= 0.3 is 5.97 Å². The van der Waals surface area contributed by atoms with Gasteiger partial charge in [-0.1, -0.05) is 13.0 Å². The fraction of sp³-hybridized carbons (Fsp3) is 0.562. The molecule has 1 aliphatic rings. The normalized spacial score (nSPS) is 24.8. The van der Waals surface area contributed by atoms with Gasteiger partial charge in [-0.2, -0.15) is 0 Å². The van der Waals surface area contributed by atoms with Crippen molar-refractivity contribution in [3.63, 3.8) is 0 Å². The zero-order valence-corrected chi connectivity index (χ0v) is 12.6. The summed E-state index contributed by atoms with van der Waals surface area (Å²) < 4.78 is 11.1. The number of carboxylic acid groups (broad SMARTS) is 1. The quantitative estimate of drug-likeness (QED) is 0.808. The molecule has 0 spiro atoms. The van der Waals surface area contributed by atoms with Crippen LogP contribution in [0, 0.1) is 0 Å². The van der Waals surface area contributed by atoms with Gasteiger partial charge in [0.25, 0.3) is 0 Å². The largest absolute Gasteiger partial charge is 0.497 e. The van der Waals surface area contributed by atoms with E-state index in [4.69, 9.17) is 9.47 Å². The van der Waals surface area contributed by atoms with E-state index in [0.717, 1.165) is 24.3 Å². The molecule has 0 aliphatic heterocycles. The highest BCUT2D eigenvalue weighted by Gasteiger charge is 2.46. The number of hydrogen-bond acceptors (Lipinski definition) is 4. The lowest BCUT2D eigenvalue weighted by Gasteiger charge is -2.25. The van der Waals surface area contributed by atoms with E-state index in [2.05, 4.69) is 5.32 Å². The minimum absolute atomic E-state index is 0.0856. The zero-order chi connectivity index (χ0) is 15.3. The van der Waals surface area contributed by atoms with Gasteiger partial charge < -0.3 is 19.9 Å². The van der Waals surface area contributed by atoms with Gasteiger partial charge in [0.2, 0.25) is 0 Å². The molecule has 5 nitrogen and oxygen atoms in total. The maximum absolute atomic E-state index is 11.6. The second-order valence-corrected chi connectivity index (χ2v) is 5.48. The maximum Gasteiger partial charge on any atom is 0.324 e. The molecule has 0 amide bonds. The number of carbonyl (C=O) groups is 1. The van der Waals surface area contributed by atoms with E-state index in [1.54, 1.807) is 7.11 Å². The zero-order valence-electron chi connectivity index (χ0n) is 12.6. The number of hydrogen-bond donors (Lipinski definition) is 2. The Morgan fingerprint density at radius 3 is 2.90 bits per heavy atom. The monoisotopic (exact) mass is 293 g/mol. The van der Waals surface area contributed by atoms with E-state index in [9.17, 15) is 9.90 Å². The highest BCUT2D eigenvalue weighted by atomic mass is 16.5. The van der Waals surface area contributed by atoms with Crippen LogP contribution in [0.4, 0.5) is 0 Å². The van der Waals surface area contributed by atoms with Crippen LogP contribution in [0.25, 0.3) is 0 Å². The van der Waals surface area contributed by atoms with Crippen molar-refractivity contribution in [1.29, 1.82) is 0 Å². The van der Waals surface area contributed by atoms with Gasteiger partial charge in [-0.25, -0.2) is 0 Å². The fourth-order valence-corrected chi connectivity index (χ4v) is 2.76. The van der Waals surface area contributed by atoms with Crippen molar-refractivity contribution >= 4 is 5.97 Å². The molecule has 1 fully saturated rings. The average Bonchev–Trinajstić information content (AvgIpc) is 2.90. The molecular formula is C16H23NO4. The third kappa shape index (κ3) is 3.67. The summed E-state index contributed by atoms with van der Waals surface area (Å²) in [5, 5.41) is 12.7. The number of nitrogens with one attached hydrogen (secondary N) is 1. The number of ether oxygens (including phenoxy) is 2. The van der Waals surface area contributed by atoms with Gasteiger partial charge in [-0.05, 0) is 37.9 Å². The molecule has 5 heteroatoms. The van der Waals surface area contributed by atoms with E-state index >= 15 is 0 Å². The highest BCUT2D eigenvalue weighted by molar-refractivity contribution is 5.79. The second kappa shape index (κ2) is 6.80. The van der Waals surface area contributed by atoms with Crippen molar-refractivity contribution in [2.75, 3.05) is 13.7 Å². The van der Waals surface area contributed by atoms with E-state index < -0.39 is 11.5 Å². The average molecular weight is 293 g/mol. The minimum Gasteiger partial charge on any atom is -0.497 e. The van der Waals surface area contributed by atoms with E-state index in [-0.39, 0.29) is 6.10 Å². The molecule has 0 radical (unpaired) electrons. The molecule has 0 aromatic heterocycles. The lowest BCUT2D eigenvalue weighted by Crippen LogP contribution is -2.50. The molecule has 2 unspecified atom stereocenters. The number of carboxylic acids is 1. The van der Waals surface area contributed by atoms with Crippen LogP contribution in [0.15, 0.2) is 24.3 Å². The maximum atomic E-state index is 11.6. The molecule has 21 heavy (non-hydrogen) atoms. The van der Waals surface area contributed by atoms with Crippen LogP contribution in [0.5, 0.6) is 11.5 Å². The summed E-state index contributed by atoms with van der Waals surface area (Å²) >= 11 is 0. The van der Waals surface area contributed by atoms with Crippen LogP contribution in [-0.4, -0.2) is 36.4 Å². The van der Waals surface area contributed by atoms with Crippen LogP contribution in [-0.2, 0) is 4.79 Å². The number of methoxy groups -OCH3 is 1. The predicted molar refractivity (Wildman–Crippen MR) is 79.9 cm³/mol. The van der Waals surface area contributed by atoms with Crippen molar-refractivity contribution in [2.45, 2.75) is 44.2 Å². The lowest BCUT2D eigenvalue weighted by molar-refractivity contribution is -0.144. The Morgan fingerprint density at radius 2 is 2.24 bits per heavy atom. The first-order chi connectivity index (χ1) is 10.1. The Labute approximate surface area is 125 Å². The van der Waals surface area contributed by atoms with Crippen LogP contribution in [0.2, 0.25) is 0 Å². The van der Waals surface area contributed by atoms with E-state index in [1.807, 2.05) is 31.2 Å². The SMILES string of the molecule is CCCNC1(C(=O)O)CCC(Oc2cccc(OC)c2)C1. The summed E-state index contributed by atoms with van der Waals surface area (Å²) in [6.45, 7) is 2.74. The topological polar surface area (TPSA) is 67.8 Å². The molecule has 1 saturated carbocycles. The third-order valence-corrected chi connectivity index (χ3v) is 3.94. The molecule has 1 aromatic carbocycles. The summed E-state index contributed by atoms with van der Waals surface area (Å²) in [6.07, 6.45) is 2.64. The Bertz CT molecular complexity index is 491. The summed E-state index contributed by atoms with van der Waals surface area (Å²) in [4.78, 5) is 11.6. The van der Waals surface area contributed by atoms with E-state index in [0.29, 0.717) is 19.4 Å². The van der Waals surface area contributed by atoms with Crippen molar-refractivity contribution in [1.82, 2.24) is 5.32 Å². The van der Waals surface area contributed by atoms with Crippen molar-refractivity contribution < 1.29 is 19.4 Å². The van der Waals surface area contributed by atoms with Gasteiger partial charge in [-0.3, -0.25) is 4.79 Å². The fourth-order valence-electron chi connectivity index (χ4n) is 2.76. The van der Waals surface area contributed by atoms with Crippen LogP contribution in [0.3, 0.4) is 0 Å². The van der Waals surface area contributed by atoms with Gasteiger partial charge in [-0.15, -0.1) is 0 Å². The summed E-state index contributed by atoms with van der Waals surface area (Å²) in [6, 6.07) is 7.40. The first-order valence-electron chi connectivity index (χ1n) is 7.39. The van der Waals surface area contributed by atoms with Crippen molar-refractivity contribution in [3.05, 3.63) is 24.3 Å². The molecule has 0 bridgehead atoms. The Kier molecular flexibility index (Phi) is 5.07. The molecule has 2 atom stereocenters. The Balaban J connectivity index is 2.01. The molecule has 1 aliphatic carbocycles. The molecule has 2 rings (SSSR count). The Morgan fingerprint density at radius 1 is 1.48 bits per heavy atom. The van der Waals surface area contributed by atoms with Crippen LogP contribution in [0.1, 0.15) is 32.6 Å². The standard InChI is InChI=1S/C16H23NO4/c1-3-9-17-16(15(18)19)8-7-14(11-16)21-13-6-4-5-12(10-13)20-2/h4-6,10,14,17H,3,7-9,11H2,1-2H3,(H,18,19). The summed E-state index contributed by atoms with van der Waals surface area (Å²) in [5.41, 5.74) is -0.848. The lowest BCUT2D eigenvalue weighted by atomic mass is 9.97. The summed E-state index contributed by atoms with van der Waals surface area (Å²) in [7, 11) is 1.61. The minimum atomic E-state index is -0.848. The van der Waals surface area contributed by atoms with Gasteiger partial charge in [0.05, 0.1) is 7.11 Å². The molecule has 116 valence electrons. The highest BCUT2D eigenvalue weighted by Crippen LogP contribution is 2.33. The first-order valence-corrected chi connectivity index (χ1v) is 7.39. The van der Waals surface area contributed by atoms with E-state index in [1.165, 1.54) is 0 Å². The molecule has 2 N–H and O–H groups in total. The molecular weight excluding hydrogens is 270 g/mol. The van der Waals surface area contributed by atoms with Crippen molar-refractivity contribution in [3.8, 4) is 11.5 Å². The predicted octanol–water partition coefficient (Wildman–Crippen LogP) is 2.45. The van der Waals surface area contributed by atoms with Crippen LogP contribution < -0.4 is 14.8 Å². The molecule has 1 aromatic rings. The van der Waals surface area contributed by atoms with Gasteiger partial charge in [0.1, 0.15) is 23.1 Å². The number of aliphatic carboxylic acids is 1. The van der Waals surface area contributed by atoms with Gasteiger partial charge in [0.15, 0.2) is 0 Å². The Hall–Kier alpha value is -1.75. The summed E-state index contributed by atoms with van der Waals surface area (Å²) in [5.74, 6) is 0.669. The molecule has 0 saturated heterocycles. The number of rotatable bonds is 7. The van der Waals surface area contributed by atoms with Crippen LogP contribution >= 0.6 is 0 Å².